The third kappa shape index (κ3) is 3.06. The summed E-state index contributed by atoms with van der Waals surface area (Å²) in [4.78, 5) is 30.0. The molecule has 116 valence electrons. The Labute approximate surface area is 135 Å². The summed E-state index contributed by atoms with van der Waals surface area (Å²) in [7, 11) is 0. The summed E-state index contributed by atoms with van der Waals surface area (Å²) in [6.07, 6.45) is 0. The van der Waals surface area contributed by atoms with Crippen LogP contribution in [0.25, 0.3) is 0 Å². The highest BCUT2D eigenvalue weighted by atomic mass is 32.1. The zero-order chi connectivity index (χ0) is 16.3. The smallest absolute Gasteiger partial charge is 0.317 e. The fraction of sp³-hybridized carbons (Fsp3) is 0.375. The van der Waals surface area contributed by atoms with E-state index >= 15 is 0 Å². The van der Waals surface area contributed by atoms with Crippen molar-refractivity contribution in [1.82, 2.24) is 4.90 Å². The third-order valence-corrected chi connectivity index (χ3v) is 3.83. The summed E-state index contributed by atoms with van der Waals surface area (Å²) in [5.74, 6) is -1.30. The molecule has 1 aliphatic heterocycles. The molecule has 2 rings (SSSR count). The molecule has 0 radical (unpaired) electrons. The van der Waals surface area contributed by atoms with E-state index in [4.69, 9.17) is 17.0 Å². The van der Waals surface area contributed by atoms with Gasteiger partial charge in [-0.25, -0.2) is 4.99 Å². The molecule has 22 heavy (non-hydrogen) atoms. The molecule has 0 bridgehead atoms. The third-order valence-electron chi connectivity index (χ3n) is 3.54. The molecule has 2 unspecified atom stereocenters. The van der Waals surface area contributed by atoms with Crippen LogP contribution in [-0.4, -0.2) is 34.2 Å². The minimum absolute atomic E-state index is 0.180. The van der Waals surface area contributed by atoms with E-state index in [1.165, 1.54) is 11.8 Å². The van der Waals surface area contributed by atoms with E-state index in [1.807, 2.05) is 30.3 Å². The maximum absolute atomic E-state index is 12.4. The van der Waals surface area contributed by atoms with Crippen LogP contribution in [-0.2, 0) is 14.3 Å². The highest BCUT2D eigenvalue weighted by molar-refractivity contribution is 7.80. The van der Waals surface area contributed by atoms with Crippen LogP contribution in [0.2, 0.25) is 0 Å². The van der Waals surface area contributed by atoms with Crippen LogP contribution in [0.5, 0.6) is 0 Å². The molecule has 1 aromatic rings. The van der Waals surface area contributed by atoms with Crippen molar-refractivity contribution in [1.29, 1.82) is 0 Å². The summed E-state index contributed by atoms with van der Waals surface area (Å²) in [6.45, 7) is 5.18. The second-order valence-electron chi connectivity index (χ2n) is 5.01. The fourth-order valence-corrected chi connectivity index (χ4v) is 3.01. The Hall–Kier alpha value is -2.08. The predicted octanol–water partition coefficient (Wildman–Crippen LogP) is 2.51. The second kappa shape index (κ2) is 6.79. The van der Waals surface area contributed by atoms with E-state index in [2.05, 4.69) is 4.99 Å². The van der Waals surface area contributed by atoms with Gasteiger partial charge in [0.25, 0.3) is 0 Å². The Morgan fingerprint density at radius 2 is 1.95 bits per heavy atom. The molecule has 0 aliphatic carbocycles. The molecule has 6 heteroatoms. The molecule has 5 nitrogen and oxygen atoms in total. The van der Waals surface area contributed by atoms with Gasteiger partial charge in [-0.2, -0.15) is 0 Å². The molecule has 0 fully saturated rings. The van der Waals surface area contributed by atoms with E-state index in [1.54, 1.807) is 13.8 Å². The Morgan fingerprint density at radius 3 is 2.50 bits per heavy atom. The molecule has 0 N–H and O–H groups in total. The minimum Gasteiger partial charge on any atom is -0.465 e. The van der Waals surface area contributed by atoms with Gasteiger partial charge >= 0.3 is 5.97 Å². The first-order chi connectivity index (χ1) is 10.5. The van der Waals surface area contributed by atoms with E-state index in [-0.39, 0.29) is 17.6 Å². The predicted molar refractivity (Wildman–Crippen MR) is 87.5 cm³/mol. The van der Waals surface area contributed by atoms with Gasteiger partial charge in [0.1, 0.15) is 5.92 Å². The summed E-state index contributed by atoms with van der Waals surface area (Å²) in [5, 5.41) is 0.180. The lowest BCUT2D eigenvalue weighted by Crippen LogP contribution is -2.48. The lowest BCUT2D eigenvalue weighted by molar-refractivity contribution is -0.148. The van der Waals surface area contributed by atoms with Gasteiger partial charge < -0.3 is 4.74 Å². The van der Waals surface area contributed by atoms with Crippen LogP contribution in [0.1, 0.15) is 32.4 Å². The van der Waals surface area contributed by atoms with Crippen molar-refractivity contribution < 1.29 is 14.3 Å². The first-order valence-corrected chi connectivity index (χ1v) is 7.48. The van der Waals surface area contributed by atoms with Crippen molar-refractivity contribution in [3.63, 3.8) is 0 Å². The van der Waals surface area contributed by atoms with Crippen LogP contribution < -0.4 is 0 Å². The maximum atomic E-state index is 12.4. The average molecular weight is 318 g/mol. The zero-order valence-electron chi connectivity index (χ0n) is 12.8. The van der Waals surface area contributed by atoms with Gasteiger partial charge in [-0.15, -0.1) is 0 Å². The normalized spacial score (nSPS) is 21.3. The number of hydrogen-bond acceptors (Lipinski definition) is 4. The number of amides is 1. The van der Waals surface area contributed by atoms with Crippen molar-refractivity contribution in [3.8, 4) is 0 Å². The first-order valence-electron chi connectivity index (χ1n) is 7.07. The van der Waals surface area contributed by atoms with Crippen LogP contribution in [0, 0.1) is 5.92 Å². The summed E-state index contributed by atoms with van der Waals surface area (Å²) >= 11 is 5.23. The number of aliphatic imine (C=N–C) groups is 1. The molecule has 1 aromatic carbocycles. The number of carbonyl (C=O) groups is 2. The molecule has 0 spiro atoms. The average Bonchev–Trinajstić information content (AvgIpc) is 2.47. The fourth-order valence-electron chi connectivity index (χ4n) is 2.62. The van der Waals surface area contributed by atoms with Gasteiger partial charge in [-0.05, 0) is 31.6 Å². The number of hydrogen-bond donors (Lipinski definition) is 0. The van der Waals surface area contributed by atoms with E-state index in [0.717, 1.165) is 5.56 Å². The largest absolute Gasteiger partial charge is 0.465 e. The lowest BCUT2D eigenvalue weighted by atomic mass is 9.87. The molecule has 1 amide bonds. The first kappa shape index (κ1) is 16.3. The number of ether oxygens (including phenoxy) is 1. The summed E-state index contributed by atoms with van der Waals surface area (Å²) in [5.41, 5.74) is 1.39. The van der Waals surface area contributed by atoms with E-state index in [0.29, 0.717) is 5.71 Å². The van der Waals surface area contributed by atoms with Gasteiger partial charge in [0.2, 0.25) is 11.0 Å². The number of rotatable bonds is 3. The number of nitrogens with zero attached hydrogens (tertiary/aromatic N) is 2. The summed E-state index contributed by atoms with van der Waals surface area (Å²) < 4.78 is 5.17. The van der Waals surface area contributed by atoms with Gasteiger partial charge in [0, 0.05) is 12.6 Å². The number of esters is 1. The lowest BCUT2D eigenvalue weighted by Gasteiger charge is -2.38. The maximum Gasteiger partial charge on any atom is 0.317 e. The van der Waals surface area contributed by atoms with E-state index in [9.17, 15) is 9.59 Å². The highest BCUT2D eigenvalue weighted by Crippen LogP contribution is 2.35. The van der Waals surface area contributed by atoms with Gasteiger partial charge in [0.05, 0.1) is 12.6 Å². The van der Waals surface area contributed by atoms with E-state index < -0.39 is 17.9 Å². The Kier molecular flexibility index (Phi) is 5.03. The number of carbonyl (C=O) groups excluding carboxylic acids is 2. The van der Waals surface area contributed by atoms with Gasteiger partial charge in [-0.3, -0.25) is 14.5 Å². The second-order valence-corrected chi connectivity index (χ2v) is 5.38. The number of benzene rings is 1. The molecule has 1 aliphatic rings. The minimum atomic E-state index is -0.655. The molecular weight excluding hydrogens is 300 g/mol. The molecular formula is C16H18N2O3S. The van der Waals surface area contributed by atoms with Crippen molar-refractivity contribution in [3.05, 3.63) is 35.9 Å². The van der Waals surface area contributed by atoms with Crippen molar-refractivity contribution >= 4 is 34.9 Å². The summed E-state index contributed by atoms with van der Waals surface area (Å²) in [6, 6.07) is 8.81. The molecule has 0 saturated heterocycles. The standard InChI is InChI=1S/C16H18N2O3S/c1-4-21-15(20)13-10(2)17-16(22)18(11(3)19)14(13)12-8-6-5-7-9-12/h5-9,13-14H,4H2,1-3H3. The SMILES string of the molecule is CCOC(=O)C1C(C)=NC(=S)N(C(C)=O)C1c1ccccc1. The van der Waals surface area contributed by atoms with Crippen molar-refractivity contribution in [2.45, 2.75) is 26.8 Å². The molecule has 1 heterocycles. The van der Waals surface area contributed by atoms with Crippen molar-refractivity contribution in [2.75, 3.05) is 6.61 Å². The molecule has 0 saturated carbocycles. The number of thiocarbonyl (C=S) groups is 1. The molecule has 2 atom stereocenters. The van der Waals surface area contributed by atoms with Crippen LogP contribution >= 0.6 is 12.2 Å². The Morgan fingerprint density at radius 1 is 1.32 bits per heavy atom. The topological polar surface area (TPSA) is 59.0 Å². The van der Waals surface area contributed by atoms with Gasteiger partial charge in [-0.1, -0.05) is 30.3 Å². The Bertz CT molecular complexity index is 628. The van der Waals surface area contributed by atoms with Crippen LogP contribution in [0.15, 0.2) is 35.3 Å². The van der Waals surface area contributed by atoms with Crippen LogP contribution in [0.3, 0.4) is 0 Å². The highest BCUT2D eigenvalue weighted by Gasteiger charge is 2.43. The van der Waals surface area contributed by atoms with Crippen LogP contribution in [0.4, 0.5) is 0 Å². The van der Waals surface area contributed by atoms with Crippen molar-refractivity contribution in [2.24, 2.45) is 10.9 Å². The quantitative estimate of drug-likeness (QED) is 0.635. The zero-order valence-corrected chi connectivity index (χ0v) is 13.6. The van der Waals surface area contributed by atoms with Gasteiger partial charge in [0.15, 0.2) is 0 Å². The monoisotopic (exact) mass is 318 g/mol. The Balaban J connectivity index is 2.56. The molecule has 0 aromatic heterocycles.